The maximum absolute atomic E-state index is 7.61. The molecule has 6 aromatic heterocycles. The predicted octanol–water partition coefficient (Wildman–Crippen LogP) is 34.6. The van der Waals surface area contributed by atoms with Crippen molar-refractivity contribution < 1.29 is 47.9 Å². The summed E-state index contributed by atoms with van der Waals surface area (Å²) in [5.74, 6) is 7.03. The second kappa shape index (κ2) is 36.0. The van der Waals surface area contributed by atoms with E-state index in [1.807, 2.05) is 72.8 Å². The Morgan fingerprint density at radius 2 is 0.361 bits per heavy atom. The minimum absolute atomic E-state index is 0. The van der Waals surface area contributed by atoms with Gasteiger partial charge in [-0.05, 0) is 299 Å². The summed E-state index contributed by atoms with van der Waals surface area (Å²) in [6.45, 7) is 80.4. The summed E-state index contributed by atoms with van der Waals surface area (Å²) in [4.78, 5) is 67.3. The molecule has 0 amide bonds. The monoisotopic (exact) mass is 2010 g/mol. The smallest absolute Gasteiger partial charge is 0.453 e. The van der Waals surface area contributed by atoms with Crippen molar-refractivity contribution in [3.8, 4) is 115 Å². The fraction of sp³-hybridized carbons (Fsp3) is 0.375. The van der Waals surface area contributed by atoms with Crippen molar-refractivity contribution in [1.82, 2.24) is 59.8 Å². The molecule has 2 aliphatic heterocycles. The number of aromatic nitrogens is 12. The van der Waals surface area contributed by atoms with Gasteiger partial charge in [-0.25, -0.2) is 19.9 Å². The van der Waals surface area contributed by atoms with Crippen molar-refractivity contribution in [2.24, 2.45) is 0 Å². The molecule has 17 aromatic rings. The fourth-order valence-electron chi connectivity index (χ4n) is 18.6. The van der Waals surface area contributed by atoms with E-state index < -0.39 is 0 Å². The van der Waals surface area contributed by atoms with E-state index in [0.717, 1.165) is 77.5 Å². The number of nitrogens with zero attached hydrogens (tertiary/aromatic N) is 12. The summed E-state index contributed by atoms with van der Waals surface area (Å²) < 4.78 is 45.5. The number of hydrogen-bond acceptors (Lipinski definition) is 16. The molecule has 0 N–H and O–H groups in total. The Balaban J connectivity index is 0.0000142. The average molecular weight is 2010 g/mol. The number of rotatable bonds is 12. The van der Waals surface area contributed by atoms with Crippen LogP contribution in [0.5, 0.6) is 69.0 Å². The van der Waals surface area contributed by atoms with Gasteiger partial charge in [0.05, 0.1) is 56.4 Å². The molecule has 0 spiro atoms. The van der Waals surface area contributed by atoms with Crippen molar-refractivity contribution in [2.45, 2.75) is 314 Å². The van der Waals surface area contributed by atoms with Gasteiger partial charge in [0.15, 0.2) is 34.5 Å². The Hall–Kier alpha value is -13.4. The molecule has 147 heavy (non-hydrogen) atoms. The molecule has 19 rings (SSSR count). The second-order valence-corrected chi connectivity index (χ2v) is 52.7. The zero-order valence-corrected chi connectivity index (χ0v) is 96.0. The van der Waals surface area contributed by atoms with Gasteiger partial charge >= 0.3 is 19.5 Å². The van der Waals surface area contributed by atoms with E-state index in [9.17, 15) is 0 Å². The number of pyridine rings is 2. The third-order valence-electron chi connectivity index (χ3n) is 28.2. The molecule has 19 heteroatoms. The zero-order valence-electron chi connectivity index (χ0n) is 93.0. The first-order valence-electron chi connectivity index (χ1n) is 51.3. The van der Waals surface area contributed by atoms with E-state index >= 15 is 0 Å². The maximum atomic E-state index is 7.61. The Morgan fingerprint density at radius 1 is 0.184 bits per heavy atom. The summed E-state index contributed by atoms with van der Waals surface area (Å²) in [5, 5.41) is 3.88. The molecule has 0 radical (unpaired) electrons. The van der Waals surface area contributed by atoms with E-state index in [0.29, 0.717) is 146 Å². The third-order valence-corrected chi connectivity index (χ3v) is 28.2. The topological polar surface area (TPSA) is 212 Å². The predicted molar refractivity (Wildman–Crippen MR) is 599 cm³/mol. The maximum Gasteiger partial charge on any atom is 2.00 e. The average Bonchev–Trinajstić information content (AvgIpc) is 1.70. The van der Waals surface area contributed by atoms with Gasteiger partial charge in [-0.2, -0.15) is 0 Å². The summed E-state index contributed by atoms with van der Waals surface area (Å²) in [6, 6.07) is 63.3. The Bertz CT molecular complexity index is 7750. The fourth-order valence-corrected chi connectivity index (χ4v) is 18.6. The molecule has 8 heterocycles. The van der Waals surface area contributed by atoms with Crippen LogP contribution in [0.4, 0.5) is 0 Å². The van der Waals surface area contributed by atoms with Crippen molar-refractivity contribution >= 4 is 88.0 Å². The van der Waals surface area contributed by atoms with Gasteiger partial charge in [0.2, 0.25) is 0 Å². The van der Waals surface area contributed by atoms with Crippen molar-refractivity contribution in [1.29, 1.82) is 0 Å². The van der Waals surface area contributed by atoms with E-state index in [-0.39, 0.29) is 130 Å². The van der Waals surface area contributed by atoms with Crippen LogP contribution in [0.1, 0.15) is 316 Å². The van der Waals surface area contributed by atoms with E-state index in [4.69, 9.17) is 88.2 Å². The molecule has 0 saturated carbocycles. The molecule has 2 aliphatic rings. The van der Waals surface area contributed by atoms with Gasteiger partial charge in [-0.1, -0.05) is 286 Å². The van der Waals surface area contributed by atoms with E-state index in [1.165, 1.54) is 0 Å². The van der Waals surface area contributed by atoms with Crippen LogP contribution in [0.25, 0.3) is 134 Å². The van der Waals surface area contributed by atoms with Crippen LogP contribution >= 0.6 is 0 Å². The van der Waals surface area contributed by atoms with E-state index in [2.05, 4.69) is 358 Å². The molecule has 0 aliphatic carbocycles. The van der Waals surface area contributed by atoms with Gasteiger partial charge in [0.1, 0.15) is 34.5 Å². The van der Waals surface area contributed by atoms with Crippen LogP contribution in [0.15, 0.2) is 194 Å². The number of fused-ring (bicyclic) bond motifs is 27. The molecular weight excluding hydrogens is 1870 g/mol. The SMILES string of the molecule is CC(C)(C)c1cc(Oc2cc3c(cc2Oc2cc(C(C)(C)C)cc(C(C)(C)C)c2)-c2nc-3nc3[n-]c(nc4nc(nc5[n-]c(n2)c2cc6nc7c8cccnc8c8ncccc8c7nc6cc52)-c2cc(Oc5cc(C(C)(C)C)cc(C(C)(C)C)c5)c(Oc5cc(C(C)(C)C)cc(C(C)(C)C)c5)cc2-4)c2cc(Oc4cc(C(C)(C)C)cc(C(C)(C)C)c4)c(Oc4cc(C(C)(C)C)cc(C(C)(C)C)c4)cc32)cc(C(C)(C)C)c1.[Zn+2]. The number of benzene rings is 11. The van der Waals surface area contributed by atoms with E-state index in [1.54, 1.807) is 12.4 Å². The summed E-state index contributed by atoms with van der Waals surface area (Å²) in [7, 11) is 0. The summed E-state index contributed by atoms with van der Waals surface area (Å²) >= 11 is 0. The third kappa shape index (κ3) is 21.0. The molecule has 0 atom stereocenters. The zero-order chi connectivity index (χ0) is 105. The molecule has 11 aromatic carbocycles. The molecule has 0 fully saturated rings. The minimum Gasteiger partial charge on any atom is -0.453 e. The second-order valence-electron chi connectivity index (χ2n) is 52.7. The van der Waals surface area contributed by atoms with Gasteiger partial charge in [0.25, 0.3) is 0 Å². The van der Waals surface area contributed by atoms with Crippen LogP contribution in [0.2, 0.25) is 0 Å². The Labute approximate surface area is 879 Å². The normalized spacial score (nSPS) is 13.3. The van der Waals surface area contributed by atoms with Crippen molar-refractivity contribution in [3.05, 3.63) is 261 Å². The van der Waals surface area contributed by atoms with Crippen LogP contribution in [0.3, 0.4) is 0 Å². The Kier molecular flexibility index (Phi) is 25.4. The first kappa shape index (κ1) is 104. The molecule has 8 bridgehead atoms. The van der Waals surface area contributed by atoms with Crippen LogP contribution in [-0.4, -0.2) is 49.8 Å². The Morgan fingerprint density at radius 3 is 0.544 bits per heavy atom. The quantitative estimate of drug-likeness (QED) is 0.0632. The molecule has 750 valence electrons. The van der Waals surface area contributed by atoms with Crippen LogP contribution in [-0.2, 0) is 84.5 Å². The van der Waals surface area contributed by atoms with Crippen molar-refractivity contribution in [3.63, 3.8) is 0 Å². The largest absolute Gasteiger partial charge is 2.00 e. The summed E-state index contributed by atoms with van der Waals surface area (Å²) in [5.41, 5.74) is 17.0. The molecule has 18 nitrogen and oxygen atoms in total. The van der Waals surface area contributed by atoms with Gasteiger partial charge in [-0.3, -0.25) is 9.97 Å². The summed E-state index contributed by atoms with van der Waals surface area (Å²) in [6.07, 6.45) is 3.57. The molecular formula is C128H140N12O6Zn. The van der Waals surface area contributed by atoms with Crippen LogP contribution in [0, 0.1) is 0 Å². The minimum atomic E-state index is -0.280. The van der Waals surface area contributed by atoms with Crippen molar-refractivity contribution in [2.75, 3.05) is 0 Å². The number of ether oxygens (including phenoxy) is 6. The molecule has 0 saturated heterocycles. The number of hydrogen-bond donors (Lipinski definition) is 0. The van der Waals surface area contributed by atoms with Gasteiger partial charge in [-0.15, -0.1) is 0 Å². The van der Waals surface area contributed by atoms with Gasteiger partial charge < -0.3 is 58.3 Å². The van der Waals surface area contributed by atoms with Crippen LogP contribution < -0.4 is 38.4 Å². The van der Waals surface area contributed by atoms with Gasteiger partial charge in [0, 0.05) is 68.0 Å². The molecule has 0 unspecified atom stereocenters. The first-order valence-corrected chi connectivity index (χ1v) is 51.3. The first-order chi connectivity index (χ1) is 67.7. The standard InChI is InChI=1S/C128H140N12O6.Zn/c1-117(2,3)69-43-70(118(4,5)6)50-81(49-69)141-99-63-91-93(65-101(99)143-83-53-73(121(13,14)15)45-74(54-83)122(16,17)18)113-136-111(91)134-109-89-61-97-98(132-108-88-40-38-42-130-106(88)105-87(107(108)131-97)39-37-41-129-105)62-90(89)110(133-109)135-112-92-64-100(142-82-51-71(119(7,8)9)44-72(52-82)120(10,11)12)102(144-84-55-75(123(19,20)21)46-76(56-84)124(22,23)24)66-94(92)114(137-112)139-116-96-68-104(146-86-59-79(127(31,32)33)48-80(60-86)128(34,35)36)103(67-95(96)115(138-113)140-116)145-85-57-77(125(25,26)27)47-78(58-85)126(28,29)30;/h37-68H,1-36H3;/q-2;+2.